The van der Waals surface area contributed by atoms with Crippen LogP contribution in [0.4, 0.5) is 10.5 Å². The van der Waals surface area contributed by atoms with Crippen LogP contribution in [-0.4, -0.2) is 81.0 Å². The Hall–Kier alpha value is -2.66. The number of anilines is 1. The van der Waals surface area contributed by atoms with Gasteiger partial charge in [0.05, 0.1) is 6.54 Å². The molecule has 0 atom stereocenters. The van der Waals surface area contributed by atoms with Gasteiger partial charge in [-0.05, 0) is 74.5 Å². The Balaban J connectivity index is 1.20. The van der Waals surface area contributed by atoms with E-state index in [0.717, 1.165) is 62.5 Å². The summed E-state index contributed by atoms with van der Waals surface area (Å²) in [5.74, 6) is 0.664. The highest BCUT2D eigenvalue weighted by atomic mass is 32.2. The number of piperidine rings is 1. The Bertz CT molecular complexity index is 968. The predicted molar refractivity (Wildman–Crippen MR) is 134 cm³/mol. The second-order valence-electron chi connectivity index (χ2n) is 9.51. The van der Waals surface area contributed by atoms with E-state index >= 15 is 0 Å². The molecule has 1 saturated carbocycles. The number of nitrogens with zero attached hydrogens (tertiary/aromatic N) is 6. The summed E-state index contributed by atoms with van der Waals surface area (Å²) in [4.78, 5) is 28.9. The molecule has 11 heteroatoms. The van der Waals surface area contributed by atoms with Gasteiger partial charge in [0, 0.05) is 36.5 Å². The van der Waals surface area contributed by atoms with Crippen LogP contribution in [0.15, 0.2) is 29.4 Å². The Morgan fingerprint density at radius 2 is 1.80 bits per heavy atom. The Labute approximate surface area is 210 Å². The molecular weight excluding hydrogens is 466 g/mol. The smallest absolute Gasteiger partial charge is 0.410 e. The minimum absolute atomic E-state index is 0.0851. The van der Waals surface area contributed by atoms with Crippen molar-refractivity contribution in [2.75, 3.05) is 39.0 Å². The zero-order chi connectivity index (χ0) is 24.6. The lowest BCUT2D eigenvalue weighted by Crippen LogP contribution is -2.41. The Kier molecular flexibility index (Phi) is 8.97. The van der Waals surface area contributed by atoms with Crippen LogP contribution in [0.25, 0.3) is 0 Å². The molecule has 0 bridgehead atoms. The van der Waals surface area contributed by atoms with E-state index in [1.807, 2.05) is 18.8 Å². The Morgan fingerprint density at radius 3 is 2.49 bits per heavy atom. The molecule has 2 heterocycles. The molecule has 1 aliphatic heterocycles. The van der Waals surface area contributed by atoms with Crippen LogP contribution in [-0.2, 0) is 11.3 Å². The van der Waals surface area contributed by atoms with Gasteiger partial charge in [0.15, 0.2) is 0 Å². The third kappa shape index (κ3) is 7.41. The van der Waals surface area contributed by atoms with Gasteiger partial charge in [0.1, 0.15) is 5.75 Å². The topological polar surface area (TPSA) is 105 Å². The Morgan fingerprint density at radius 1 is 1.09 bits per heavy atom. The first-order valence-corrected chi connectivity index (χ1v) is 13.3. The highest BCUT2D eigenvalue weighted by Gasteiger charge is 2.26. The number of tetrazole rings is 1. The second kappa shape index (κ2) is 12.3. The molecule has 1 N–H and O–H groups in total. The summed E-state index contributed by atoms with van der Waals surface area (Å²) in [6.45, 7) is 2.88. The first kappa shape index (κ1) is 25.4. The predicted octanol–water partition coefficient (Wildman–Crippen LogP) is 3.51. The van der Waals surface area contributed by atoms with E-state index in [2.05, 4.69) is 25.7 Å². The average Bonchev–Trinajstić information content (AvgIpc) is 3.31. The third-order valence-electron chi connectivity index (χ3n) is 6.53. The summed E-state index contributed by atoms with van der Waals surface area (Å²) in [5, 5.41) is 16.2. The summed E-state index contributed by atoms with van der Waals surface area (Å²) >= 11 is 1.68. The summed E-state index contributed by atoms with van der Waals surface area (Å²) < 4.78 is 7.41. The van der Waals surface area contributed by atoms with Crippen LogP contribution in [0.2, 0.25) is 0 Å². The molecule has 1 saturated heterocycles. The summed E-state index contributed by atoms with van der Waals surface area (Å²) in [5.41, 5.74) is 0.728. The number of likely N-dealkylation sites (N-methyl/N-ethyl adjacent to an activating group) is 1. The van der Waals surface area contributed by atoms with Gasteiger partial charge in [0.2, 0.25) is 11.1 Å². The molecule has 2 aromatic rings. The fourth-order valence-electron chi connectivity index (χ4n) is 4.40. The maximum absolute atomic E-state index is 12.6. The minimum atomic E-state index is -0.344. The number of benzene rings is 1. The molecule has 2 fully saturated rings. The molecule has 0 unspecified atom stereocenters. The largest absolute Gasteiger partial charge is 0.415 e. The number of carbonyl (C=O) groups is 2. The zero-order valence-corrected chi connectivity index (χ0v) is 21.4. The van der Waals surface area contributed by atoms with Crippen molar-refractivity contribution in [1.82, 2.24) is 30.0 Å². The number of hydrogen-bond acceptors (Lipinski definition) is 8. The number of amides is 2. The normalized spacial score (nSPS) is 17.5. The van der Waals surface area contributed by atoms with E-state index < -0.39 is 0 Å². The number of ether oxygens (including phenoxy) is 1. The van der Waals surface area contributed by atoms with E-state index in [1.165, 1.54) is 6.42 Å². The summed E-state index contributed by atoms with van der Waals surface area (Å²) in [6, 6.07) is 7.02. The second-order valence-corrected chi connectivity index (χ2v) is 10.8. The fraction of sp³-hybridized carbons (Fsp3) is 0.625. The minimum Gasteiger partial charge on any atom is -0.410 e. The molecule has 4 rings (SSSR count). The summed E-state index contributed by atoms with van der Waals surface area (Å²) in [7, 11) is 4.05. The van der Waals surface area contributed by atoms with Crippen molar-refractivity contribution in [1.29, 1.82) is 0 Å². The number of aromatic nitrogens is 4. The lowest BCUT2D eigenvalue weighted by atomic mass is 9.88. The molecule has 0 radical (unpaired) electrons. The highest BCUT2D eigenvalue weighted by molar-refractivity contribution is 7.99. The van der Waals surface area contributed by atoms with Crippen molar-refractivity contribution in [2.45, 2.75) is 61.9 Å². The van der Waals surface area contributed by atoms with Crippen molar-refractivity contribution in [3.05, 3.63) is 24.3 Å². The van der Waals surface area contributed by atoms with Gasteiger partial charge in [-0.2, -0.15) is 0 Å². The van der Waals surface area contributed by atoms with E-state index in [4.69, 9.17) is 4.74 Å². The van der Waals surface area contributed by atoms with Crippen molar-refractivity contribution in [3.63, 3.8) is 0 Å². The van der Waals surface area contributed by atoms with Gasteiger partial charge in [0.25, 0.3) is 0 Å². The van der Waals surface area contributed by atoms with Crippen molar-refractivity contribution in [2.24, 2.45) is 5.92 Å². The number of nitrogens with one attached hydrogen (secondary N) is 1. The van der Waals surface area contributed by atoms with Crippen molar-refractivity contribution >= 4 is 29.4 Å². The average molecular weight is 502 g/mol. The highest BCUT2D eigenvalue weighted by Crippen LogP contribution is 2.29. The van der Waals surface area contributed by atoms with Gasteiger partial charge < -0.3 is 19.9 Å². The molecule has 0 spiro atoms. The molecule has 35 heavy (non-hydrogen) atoms. The third-order valence-corrected chi connectivity index (χ3v) is 7.84. The van der Waals surface area contributed by atoms with E-state index in [0.29, 0.717) is 24.1 Å². The number of hydrogen-bond donors (Lipinski definition) is 1. The molecule has 1 aromatic carbocycles. The zero-order valence-electron chi connectivity index (χ0n) is 20.6. The summed E-state index contributed by atoms with van der Waals surface area (Å²) in [6.07, 6.45) is 6.76. The molecular formula is C24H35N7O3S. The van der Waals surface area contributed by atoms with Gasteiger partial charge in [-0.25, -0.2) is 9.48 Å². The molecule has 1 aromatic heterocycles. The first-order valence-electron chi connectivity index (χ1n) is 12.4. The SMILES string of the molecule is CN(C)CCn1nnnc1SC1CCN(C(=O)Oc2ccc(NC(=O)C3CCCCC3)cc2)CC1. The maximum Gasteiger partial charge on any atom is 0.415 e. The molecule has 10 nitrogen and oxygen atoms in total. The van der Waals surface area contributed by atoms with Crippen LogP contribution in [0.1, 0.15) is 44.9 Å². The first-order chi connectivity index (χ1) is 17.0. The number of likely N-dealkylation sites (tertiary alicyclic amines) is 1. The number of rotatable bonds is 8. The van der Waals surface area contributed by atoms with Crippen LogP contribution in [0, 0.1) is 5.92 Å². The van der Waals surface area contributed by atoms with Crippen LogP contribution in [0.5, 0.6) is 5.75 Å². The maximum atomic E-state index is 12.6. The van der Waals surface area contributed by atoms with Crippen LogP contribution in [0.3, 0.4) is 0 Å². The molecule has 2 amide bonds. The number of thioether (sulfide) groups is 1. The van der Waals surface area contributed by atoms with E-state index in [1.54, 1.807) is 40.9 Å². The lowest BCUT2D eigenvalue weighted by Gasteiger charge is -2.30. The van der Waals surface area contributed by atoms with E-state index in [9.17, 15) is 9.59 Å². The van der Waals surface area contributed by atoms with E-state index in [-0.39, 0.29) is 17.9 Å². The standard InChI is InChI=1S/C24H35N7O3S/c1-29(2)16-17-31-23(26-27-28-31)35-21-12-14-30(15-13-21)24(33)34-20-10-8-19(9-11-20)25-22(32)18-6-4-3-5-7-18/h8-11,18,21H,3-7,12-17H2,1-2H3,(H,25,32). The molecule has 1 aliphatic carbocycles. The van der Waals surface area contributed by atoms with Crippen molar-refractivity contribution < 1.29 is 14.3 Å². The van der Waals surface area contributed by atoms with Crippen LogP contribution < -0.4 is 10.1 Å². The monoisotopic (exact) mass is 501 g/mol. The van der Waals surface area contributed by atoms with Gasteiger partial charge >= 0.3 is 6.09 Å². The van der Waals surface area contributed by atoms with Gasteiger partial charge in [-0.1, -0.05) is 31.0 Å². The van der Waals surface area contributed by atoms with Gasteiger partial charge in [-0.15, -0.1) is 5.10 Å². The molecule has 2 aliphatic rings. The number of carbonyl (C=O) groups excluding carboxylic acids is 2. The quantitative estimate of drug-likeness (QED) is 0.586. The van der Waals surface area contributed by atoms with Crippen molar-refractivity contribution in [3.8, 4) is 5.75 Å². The van der Waals surface area contributed by atoms with Crippen LogP contribution >= 0.6 is 11.8 Å². The molecule has 190 valence electrons. The van der Waals surface area contributed by atoms with Gasteiger partial charge in [-0.3, -0.25) is 4.79 Å². The lowest BCUT2D eigenvalue weighted by molar-refractivity contribution is -0.120. The fourth-order valence-corrected chi connectivity index (χ4v) is 5.48.